The molecule has 4 aromatic rings. The predicted octanol–water partition coefficient (Wildman–Crippen LogP) is 3.17. The van der Waals surface area contributed by atoms with Crippen molar-refractivity contribution in [2.75, 3.05) is 24.6 Å². The maximum atomic E-state index is 14.2. The van der Waals surface area contributed by atoms with Gasteiger partial charge in [-0.05, 0) is 36.8 Å². The first-order chi connectivity index (χ1) is 20.0. The molecule has 1 saturated heterocycles. The number of hydrogen-bond acceptors (Lipinski definition) is 10. The molecule has 6 rings (SSSR count). The number of carboxylic acid groups (broad SMARTS) is 1. The Hall–Kier alpha value is -5.09. The summed E-state index contributed by atoms with van der Waals surface area (Å²) in [5.41, 5.74) is 2.24. The van der Waals surface area contributed by atoms with Crippen LogP contribution in [0.15, 0.2) is 53.8 Å². The van der Waals surface area contributed by atoms with Crippen LogP contribution < -0.4 is 9.64 Å². The largest absolute Gasteiger partial charge is 0.478 e. The quantitative estimate of drug-likeness (QED) is 0.327. The highest BCUT2D eigenvalue weighted by molar-refractivity contribution is 5.92. The van der Waals surface area contributed by atoms with Crippen LogP contribution in [0.25, 0.3) is 11.0 Å². The molecule has 1 N–H and O–H groups in total. The molecule has 1 atom stereocenters. The lowest BCUT2D eigenvalue weighted by molar-refractivity contribution is -0.0592. The number of aromatic nitrogens is 4. The summed E-state index contributed by atoms with van der Waals surface area (Å²) < 4.78 is 27.5. The number of imidazole rings is 1. The second kappa shape index (κ2) is 11.2. The lowest BCUT2D eigenvalue weighted by Gasteiger charge is -2.30. The number of hydrazone groups is 1. The van der Waals surface area contributed by atoms with E-state index in [1.54, 1.807) is 41.7 Å². The second-order valence-electron chi connectivity index (χ2n) is 9.64. The van der Waals surface area contributed by atoms with Gasteiger partial charge in [0.2, 0.25) is 11.8 Å². The summed E-state index contributed by atoms with van der Waals surface area (Å²) >= 11 is 0. The van der Waals surface area contributed by atoms with Gasteiger partial charge in [-0.3, -0.25) is 9.91 Å². The van der Waals surface area contributed by atoms with E-state index in [4.69, 9.17) is 19.7 Å². The van der Waals surface area contributed by atoms with Crippen molar-refractivity contribution in [3.8, 4) is 11.9 Å². The number of rotatable bonds is 9. The molecule has 0 radical (unpaired) electrons. The van der Waals surface area contributed by atoms with Gasteiger partial charge in [0.1, 0.15) is 24.6 Å². The number of fused-ring (bicyclic) bond motifs is 1. The standard InChI is InChI=1S/C28H25FN8O4/c29-22-11-18(13-30)1-2-20(22)16-41-26-5-7-31-28(34-26)35-8-9-36(32-17-35)15-25-33-23-4-3-19(27(38)39)12-24(23)37(25)14-21-6-10-40-21/h1-5,7,11-12,17,21H,6,8-10,14-16H2,(H,38,39)/t21-/m0/s1. The van der Waals surface area contributed by atoms with Crippen molar-refractivity contribution in [3.63, 3.8) is 0 Å². The molecule has 2 aromatic carbocycles. The zero-order valence-corrected chi connectivity index (χ0v) is 21.9. The van der Waals surface area contributed by atoms with E-state index in [0.29, 0.717) is 37.7 Å². The lowest BCUT2D eigenvalue weighted by atomic mass is 10.1. The number of benzene rings is 2. The van der Waals surface area contributed by atoms with Crippen molar-refractivity contribution >= 4 is 29.3 Å². The molecule has 0 saturated carbocycles. The number of carboxylic acids is 1. The number of ether oxygens (including phenoxy) is 2. The molecule has 41 heavy (non-hydrogen) atoms. The number of nitrogens with zero attached hydrogens (tertiary/aromatic N) is 8. The van der Waals surface area contributed by atoms with Gasteiger partial charge < -0.3 is 19.1 Å². The molecule has 2 aromatic heterocycles. The number of halogens is 1. The summed E-state index contributed by atoms with van der Waals surface area (Å²) in [6.07, 6.45) is 4.20. The third kappa shape index (κ3) is 5.64. The van der Waals surface area contributed by atoms with Crippen molar-refractivity contribution in [2.45, 2.75) is 32.2 Å². The van der Waals surface area contributed by atoms with E-state index in [9.17, 15) is 14.3 Å². The minimum absolute atomic E-state index is 0.0449. The smallest absolute Gasteiger partial charge is 0.335 e. The first-order valence-corrected chi connectivity index (χ1v) is 13.0. The fourth-order valence-corrected chi connectivity index (χ4v) is 4.61. The van der Waals surface area contributed by atoms with Crippen molar-refractivity contribution in [1.82, 2.24) is 24.5 Å². The average Bonchev–Trinajstić information content (AvgIpc) is 3.30. The number of aromatic carboxylic acids is 1. The molecule has 1 fully saturated rings. The average molecular weight is 557 g/mol. The van der Waals surface area contributed by atoms with E-state index in [1.807, 2.05) is 15.6 Å². The molecule has 208 valence electrons. The van der Waals surface area contributed by atoms with Gasteiger partial charge in [0.05, 0.1) is 54.0 Å². The van der Waals surface area contributed by atoms with Crippen molar-refractivity contribution in [3.05, 3.63) is 77.0 Å². The molecule has 0 bridgehead atoms. The Morgan fingerprint density at radius 3 is 2.78 bits per heavy atom. The monoisotopic (exact) mass is 556 g/mol. The van der Waals surface area contributed by atoms with Crippen LogP contribution in [0, 0.1) is 17.1 Å². The fourth-order valence-electron chi connectivity index (χ4n) is 4.61. The molecular formula is C28H25FN8O4. The molecule has 0 amide bonds. The van der Waals surface area contributed by atoms with Crippen LogP contribution in [0.4, 0.5) is 10.3 Å². The van der Waals surface area contributed by atoms with Gasteiger partial charge in [0.25, 0.3) is 0 Å². The molecule has 0 spiro atoms. The van der Waals surface area contributed by atoms with Crippen LogP contribution >= 0.6 is 0 Å². The molecule has 2 aliphatic heterocycles. The Morgan fingerprint density at radius 2 is 2.07 bits per heavy atom. The van der Waals surface area contributed by atoms with Crippen molar-refractivity contribution in [2.24, 2.45) is 5.10 Å². The van der Waals surface area contributed by atoms with E-state index in [0.717, 1.165) is 29.9 Å². The van der Waals surface area contributed by atoms with Crippen LogP contribution in [-0.4, -0.2) is 67.7 Å². The Kier molecular flexibility index (Phi) is 7.13. The summed E-state index contributed by atoms with van der Waals surface area (Å²) in [5, 5.41) is 24.8. The van der Waals surface area contributed by atoms with Crippen molar-refractivity contribution in [1.29, 1.82) is 5.26 Å². The normalized spacial score (nSPS) is 16.4. The van der Waals surface area contributed by atoms with Gasteiger partial charge in [-0.15, -0.1) is 0 Å². The highest BCUT2D eigenvalue weighted by Gasteiger charge is 2.24. The Morgan fingerprint density at radius 1 is 1.20 bits per heavy atom. The fraction of sp³-hybridized carbons (Fsp3) is 0.286. The summed E-state index contributed by atoms with van der Waals surface area (Å²) in [6.45, 7) is 2.80. The summed E-state index contributed by atoms with van der Waals surface area (Å²) in [5.74, 6) is -0.0630. The van der Waals surface area contributed by atoms with Gasteiger partial charge in [-0.1, -0.05) is 6.07 Å². The maximum Gasteiger partial charge on any atom is 0.335 e. The molecule has 2 aliphatic rings. The van der Waals surface area contributed by atoms with E-state index in [-0.39, 0.29) is 29.7 Å². The molecular weight excluding hydrogens is 531 g/mol. The number of nitriles is 1. The van der Waals surface area contributed by atoms with Crippen LogP contribution in [0.2, 0.25) is 0 Å². The zero-order chi connectivity index (χ0) is 28.3. The Bertz CT molecular complexity index is 1680. The Labute approximate surface area is 233 Å². The highest BCUT2D eigenvalue weighted by Crippen LogP contribution is 2.24. The van der Waals surface area contributed by atoms with Crippen LogP contribution in [0.1, 0.15) is 33.7 Å². The van der Waals surface area contributed by atoms with E-state index < -0.39 is 11.8 Å². The molecule has 12 nitrogen and oxygen atoms in total. The number of hydrogen-bond donors (Lipinski definition) is 1. The van der Waals surface area contributed by atoms with Gasteiger partial charge >= 0.3 is 5.97 Å². The third-order valence-corrected chi connectivity index (χ3v) is 6.96. The maximum absolute atomic E-state index is 14.2. The zero-order valence-electron chi connectivity index (χ0n) is 21.9. The van der Waals surface area contributed by atoms with Crippen LogP contribution in [0.5, 0.6) is 5.88 Å². The molecule has 0 aliphatic carbocycles. The van der Waals surface area contributed by atoms with Gasteiger partial charge in [-0.2, -0.15) is 15.3 Å². The SMILES string of the molecule is N#Cc1ccc(COc2ccnc(N3C=NN(Cc4nc5ccc(C(=O)O)cc5n4C[C@@H]4CCO4)CC3)n2)c(F)c1. The lowest BCUT2D eigenvalue weighted by Crippen LogP contribution is -2.39. The van der Waals surface area contributed by atoms with Crippen molar-refractivity contribution < 1.29 is 23.8 Å². The first-order valence-electron chi connectivity index (χ1n) is 13.0. The van der Waals surface area contributed by atoms with Gasteiger partial charge in [-0.25, -0.2) is 19.2 Å². The highest BCUT2D eigenvalue weighted by atomic mass is 19.1. The van der Waals surface area contributed by atoms with E-state index in [1.165, 1.54) is 18.2 Å². The Balaban J connectivity index is 1.14. The first kappa shape index (κ1) is 26.1. The van der Waals surface area contributed by atoms with E-state index >= 15 is 0 Å². The number of carbonyl (C=O) groups is 1. The summed E-state index contributed by atoms with van der Waals surface area (Å²) in [6, 6.07) is 12.6. The van der Waals surface area contributed by atoms with Crippen LogP contribution in [0.3, 0.4) is 0 Å². The summed E-state index contributed by atoms with van der Waals surface area (Å²) in [7, 11) is 0. The topological polar surface area (TPSA) is 142 Å². The molecule has 4 heterocycles. The minimum atomic E-state index is -0.986. The summed E-state index contributed by atoms with van der Waals surface area (Å²) in [4.78, 5) is 26.8. The minimum Gasteiger partial charge on any atom is -0.478 e. The van der Waals surface area contributed by atoms with E-state index in [2.05, 4.69) is 15.1 Å². The van der Waals surface area contributed by atoms with Gasteiger partial charge in [0.15, 0.2) is 0 Å². The number of anilines is 1. The second-order valence-corrected chi connectivity index (χ2v) is 9.64. The molecule has 13 heteroatoms. The van der Waals surface area contributed by atoms with Gasteiger partial charge in [0, 0.05) is 31.0 Å². The van der Waals surface area contributed by atoms with Crippen LogP contribution in [-0.2, 0) is 24.4 Å². The molecule has 0 unspecified atom stereocenters. The predicted molar refractivity (Wildman–Crippen MR) is 145 cm³/mol. The third-order valence-electron chi connectivity index (χ3n) is 6.96.